The third-order valence-electron chi connectivity index (χ3n) is 5.88. The van der Waals surface area contributed by atoms with Crippen LogP contribution >= 0.6 is 11.6 Å². The van der Waals surface area contributed by atoms with Gasteiger partial charge in [0.25, 0.3) is 5.91 Å². The van der Waals surface area contributed by atoms with Crippen LogP contribution in [-0.2, 0) is 22.3 Å². The van der Waals surface area contributed by atoms with Crippen molar-refractivity contribution in [1.29, 1.82) is 0 Å². The number of alkyl halides is 3. The molecule has 12 heteroatoms. The van der Waals surface area contributed by atoms with Gasteiger partial charge in [-0.3, -0.25) is 4.79 Å². The van der Waals surface area contributed by atoms with E-state index in [0.717, 1.165) is 30.2 Å². The predicted molar refractivity (Wildman–Crippen MR) is 141 cm³/mol. The molecule has 0 fully saturated rings. The molecule has 40 heavy (non-hydrogen) atoms. The van der Waals surface area contributed by atoms with Crippen LogP contribution in [0.15, 0.2) is 66.7 Å². The summed E-state index contributed by atoms with van der Waals surface area (Å²) in [7, 11) is 3.92. The minimum absolute atomic E-state index is 0.0327. The molecule has 0 aliphatic carbocycles. The number of carbonyl (C=O) groups is 2. The Morgan fingerprint density at radius 1 is 0.975 bits per heavy atom. The number of carboxylic acid groups (broad SMARTS) is 1. The van der Waals surface area contributed by atoms with Gasteiger partial charge in [-0.2, -0.15) is 13.2 Å². The molecule has 0 aliphatic rings. The van der Waals surface area contributed by atoms with Crippen LogP contribution < -0.4 is 19.1 Å². The van der Waals surface area contributed by atoms with Gasteiger partial charge in [-0.1, -0.05) is 23.7 Å². The van der Waals surface area contributed by atoms with Crippen molar-refractivity contribution < 1.29 is 47.2 Å². The lowest BCUT2D eigenvalue weighted by atomic mass is 9.96. The van der Waals surface area contributed by atoms with Gasteiger partial charge >= 0.3 is 12.1 Å². The van der Waals surface area contributed by atoms with Gasteiger partial charge in [0.1, 0.15) is 23.4 Å². The highest BCUT2D eigenvalue weighted by atomic mass is 35.5. The zero-order valence-corrected chi connectivity index (χ0v) is 22.3. The van der Waals surface area contributed by atoms with E-state index < -0.39 is 35.5 Å². The van der Waals surface area contributed by atoms with Crippen LogP contribution in [0.25, 0.3) is 0 Å². The Morgan fingerprint density at radius 3 is 2.30 bits per heavy atom. The number of aliphatic hydroxyl groups is 1. The lowest BCUT2D eigenvalue weighted by Gasteiger charge is -2.28. The first-order valence-electron chi connectivity index (χ1n) is 11.6. The third kappa shape index (κ3) is 6.85. The summed E-state index contributed by atoms with van der Waals surface area (Å²) in [5.74, 6) is -1.96. The summed E-state index contributed by atoms with van der Waals surface area (Å²) in [6.07, 6.45) is -5.05. The first kappa shape index (κ1) is 30.3. The molecule has 3 aromatic carbocycles. The van der Waals surface area contributed by atoms with E-state index in [0.29, 0.717) is 23.1 Å². The van der Waals surface area contributed by atoms with Gasteiger partial charge < -0.3 is 29.3 Å². The van der Waals surface area contributed by atoms with E-state index in [-0.39, 0.29) is 28.4 Å². The zero-order valence-electron chi connectivity index (χ0n) is 21.5. The second-order valence-electron chi connectivity index (χ2n) is 8.31. The molecule has 0 heterocycles. The minimum Gasteiger partial charge on any atom is -0.497 e. The number of anilines is 1. The van der Waals surface area contributed by atoms with Gasteiger partial charge in [-0.05, 0) is 36.4 Å². The number of para-hydroxylation sites is 1. The molecule has 2 N–H and O–H groups in total. The van der Waals surface area contributed by atoms with E-state index in [1.807, 2.05) is 0 Å². The Hall–Kier alpha value is -4.22. The van der Waals surface area contributed by atoms with Gasteiger partial charge in [0.2, 0.25) is 0 Å². The lowest BCUT2D eigenvalue weighted by molar-refractivity contribution is -0.139. The summed E-state index contributed by atoms with van der Waals surface area (Å²) in [5.41, 5.74) is -0.830. The van der Waals surface area contributed by atoms with Crippen molar-refractivity contribution >= 4 is 29.2 Å². The van der Waals surface area contributed by atoms with Crippen LogP contribution in [0, 0.1) is 0 Å². The fraction of sp³-hybridized carbons (Fsp3) is 0.214. The van der Waals surface area contributed by atoms with Gasteiger partial charge in [-0.25, -0.2) is 4.79 Å². The Labute approximate surface area is 232 Å². The standard InChI is InChI=1S/C28H25ClF3NO7/c1-38-18-9-7-16(23(14-18)39-2)15-33(24(34)11-12-25(35)36)22-10-8-17(29)13-20(22)26(37)19-5-4-6-21(27(19)40-3)28(30,31)32/h4-14,26,37H,15H2,1-3H3,(H,35,36). The fourth-order valence-electron chi connectivity index (χ4n) is 4.05. The number of rotatable bonds is 10. The molecule has 1 amide bonds. The van der Waals surface area contributed by atoms with Crippen LogP contribution in [0.2, 0.25) is 5.02 Å². The first-order valence-corrected chi connectivity index (χ1v) is 11.9. The molecule has 0 saturated carbocycles. The number of carboxylic acids is 1. The maximum Gasteiger partial charge on any atom is 0.419 e. The van der Waals surface area contributed by atoms with Gasteiger partial charge in [0.05, 0.1) is 39.1 Å². The second kappa shape index (κ2) is 12.8. The van der Waals surface area contributed by atoms with Gasteiger partial charge in [-0.15, -0.1) is 0 Å². The van der Waals surface area contributed by atoms with E-state index in [9.17, 15) is 27.9 Å². The average molecular weight is 580 g/mol. The molecule has 0 bridgehead atoms. The number of halogens is 4. The molecule has 3 aromatic rings. The molecule has 0 saturated heterocycles. The summed E-state index contributed by atoms with van der Waals surface area (Å²) in [4.78, 5) is 25.6. The Bertz CT molecular complexity index is 1430. The van der Waals surface area contributed by atoms with Crippen molar-refractivity contribution in [3.05, 3.63) is 94.0 Å². The van der Waals surface area contributed by atoms with Crippen LogP contribution in [0.5, 0.6) is 17.2 Å². The number of carbonyl (C=O) groups excluding carboxylic acids is 1. The number of nitrogens with zero attached hydrogens (tertiary/aromatic N) is 1. The number of benzene rings is 3. The fourth-order valence-corrected chi connectivity index (χ4v) is 4.23. The van der Waals surface area contributed by atoms with Crippen LogP contribution in [-0.4, -0.2) is 43.4 Å². The van der Waals surface area contributed by atoms with Crippen molar-refractivity contribution in [2.45, 2.75) is 18.8 Å². The number of aliphatic carboxylic acids is 1. The molecule has 3 rings (SSSR count). The van der Waals surface area contributed by atoms with Crippen LogP contribution in [0.1, 0.15) is 28.4 Å². The highest BCUT2D eigenvalue weighted by Crippen LogP contribution is 2.43. The van der Waals surface area contributed by atoms with Crippen molar-refractivity contribution in [2.75, 3.05) is 26.2 Å². The largest absolute Gasteiger partial charge is 0.497 e. The summed E-state index contributed by atoms with van der Waals surface area (Å²) in [6.45, 7) is -0.183. The number of amides is 1. The smallest absolute Gasteiger partial charge is 0.419 e. The number of aliphatic hydroxyl groups excluding tert-OH is 1. The second-order valence-corrected chi connectivity index (χ2v) is 8.74. The van der Waals surface area contributed by atoms with E-state index in [1.165, 1.54) is 38.5 Å². The van der Waals surface area contributed by atoms with Crippen LogP contribution in [0.3, 0.4) is 0 Å². The average Bonchev–Trinajstić information content (AvgIpc) is 2.93. The molecule has 0 spiro atoms. The van der Waals surface area contributed by atoms with E-state index >= 15 is 0 Å². The maximum absolute atomic E-state index is 13.7. The van der Waals surface area contributed by atoms with Crippen LogP contribution in [0.4, 0.5) is 18.9 Å². The molecule has 212 valence electrons. The first-order chi connectivity index (χ1) is 18.9. The maximum atomic E-state index is 13.7. The summed E-state index contributed by atoms with van der Waals surface area (Å²) in [6, 6.07) is 12.1. The number of methoxy groups -OCH3 is 3. The normalized spacial score (nSPS) is 12.2. The van der Waals surface area contributed by atoms with Crippen molar-refractivity contribution in [1.82, 2.24) is 0 Å². The zero-order chi connectivity index (χ0) is 29.6. The summed E-state index contributed by atoms with van der Waals surface area (Å²) < 4.78 is 56.7. The molecule has 1 unspecified atom stereocenters. The Kier molecular flexibility index (Phi) is 9.67. The molecule has 0 aromatic heterocycles. The lowest BCUT2D eigenvalue weighted by Crippen LogP contribution is -2.30. The topological polar surface area (TPSA) is 106 Å². The summed E-state index contributed by atoms with van der Waals surface area (Å²) in [5, 5.41) is 20.6. The highest BCUT2D eigenvalue weighted by molar-refractivity contribution is 6.30. The highest BCUT2D eigenvalue weighted by Gasteiger charge is 2.36. The molecule has 8 nitrogen and oxygen atoms in total. The Morgan fingerprint density at radius 2 is 1.70 bits per heavy atom. The van der Waals surface area contributed by atoms with Crippen molar-refractivity contribution in [2.24, 2.45) is 0 Å². The molecular formula is C28H25ClF3NO7. The SMILES string of the molecule is COc1ccc(CN(C(=O)C=CC(=O)O)c2ccc(Cl)cc2C(O)c2cccc(C(F)(F)F)c2OC)c(OC)c1. The quantitative estimate of drug-likeness (QED) is 0.299. The van der Waals surface area contributed by atoms with Gasteiger partial charge in [0.15, 0.2) is 0 Å². The summed E-state index contributed by atoms with van der Waals surface area (Å²) >= 11 is 6.20. The van der Waals surface area contributed by atoms with E-state index in [2.05, 4.69) is 0 Å². The number of hydrogen-bond donors (Lipinski definition) is 2. The van der Waals surface area contributed by atoms with E-state index in [4.69, 9.17) is 30.9 Å². The molecule has 0 radical (unpaired) electrons. The molecule has 0 aliphatic heterocycles. The predicted octanol–water partition coefficient (Wildman–Crippen LogP) is 5.64. The molecule has 1 atom stereocenters. The third-order valence-corrected chi connectivity index (χ3v) is 6.12. The van der Waals surface area contributed by atoms with Crippen molar-refractivity contribution in [3.63, 3.8) is 0 Å². The minimum atomic E-state index is -4.77. The monoisotopic (exact) mass is 579 g/mol. The number of hydrogen-bond acceptors (Lipinski definition) is 6. The molecular weight excluding hydrogens is 555 g/mol. The van der Waals surface area contributed by atoms with Crippen molar-refractivity contribution in [3.8, 4) is 17.2 Å². The van der Waals surface area contributed by atoms with Gasteiger partial charge in [0, 0.05) is 39.9 Å². The van der Waals surface area contributed by atoms with E-state index in [1.54, 1.807) is 18.2 Å². The number of ether oxygens (including phenoxy) is 3. The Balaban J connectivity index is 2.22.